The molecule has 42 heavy (non-hydrogen) atoms. The number of benzene rings is 2. The maximum absolute atomic E-state index is 14.5. The number of halogens is 2. The highest BCUT2D eigenvalue weighted by molar-refractivity contribution is 6.31. The number of ether oxygens (including phenoxy) is 1. The number of fused-ring (bicyclic) bond motifs is 4. The van der Waals surface area contributed by atoms with Crippen LogP contribution in [0.3, 0.4) is 0 Å². The lowest BCUT2D eigenvalue weighted by molar-refractivity contribution is -0.120. The van der Waals surface area contributed by atoms with Crippen molar-refractivity contribution in [1.29, 1.82) is 0 Å². The standard InChI is InChI=1S/C28H30ClFN8O4/c1-3-15-6-4-8-19(34-27(40)22-14-38(37-36-22)23-9-5-7-18(29)24(23)30)25-31-13-21(33-25)17-11-10-16(32-28(41)42-2)12-20(17)35-26(15)39/h5,7,9-15,19,36-37H,3-4,6,8H2,1-2H3,(H,31,33)(H,32,41)(H,34,40)(H,35,39)/t15-,19-/m0/s1. The van der Waals surface area contributed by atoms with Gasteiger partial charge in [-0.2, -0.15) is 0 Å². The number of aromatic amines is 1. The number of amides is 3. The van der Waals surface area contributed by atoms with Crippen molar-refractivity contribution in [3.8, 4) is 11.3 Å². The van der Waals surface area contributed by atoms with Gasteiger partial charge in [-0.15, -0.1) is 5.53 Å². The van der Waals surface area contributed by atoms with E-state index in [9.17, 15) is 18.8 Å². The van der Waals surface area contributed by atoms with Crippen LogP contribution in [0.25, 0.3) is 11.3 Å². The SMILES string of the molecule is CC[C@H]1CCC[C@H](NC(=O)C2=CN(c3cccc(Cl)c3F)NN2)c2ncc([nH]2)-c2ccc(NC(=O)OC)cc2NC1=O. The molecule has 1 aromatic heterocycles. The quantitative estimate of drug-likeness (QED) is 0.247. The number of imidazole rings is 1. The number of anilines is 3. The molecule has 2 aromatic carbocycles. The Hall–Kier alpha value is -4.62. The lowest BCUT2D eigenvalue weighted by atomic mass is 9.95. The molecular formula is C28H30ClFN8O4. The summed E-state index contributed by atoms with van der Waals surface area (Å²) in [7, 11) is 1.27. The van der Waals surface area contributed by atoms with Crippen LogP contribution in [-0.4, -0.2) is 35.0 Å². The number of carbonyl (C=O) groups excluding carboxylic acids is 3. The number of hydrogen-bond acceptors (Lipinski definition) is 8. The van der Waals surface area contributed by atoms with Crippen LogP contribution in [0.5, 0.6) is 0 Å². The van der Waals surface area contributed by atoms with Crippen molar-refractivity contribution in [2.24, 2.45) is 5.92 Å². The molecule has 0 radical (unpaired) electrons. The van der Waals surface area contributed by atoms with Crippen LogP contribution in [0.4, 0.5) is 26.2 Å². The molecule has 2 aliphatic heterocycles. The Morgan fingerprint density at radius 3 is 2.86 bits per heavy atom. The van der Waals surface area contributed by atoms with Crippen molar-refractivity contribution >= 4 is 46.6 Å². The minimum Gasteiger partial charge on any atom is -0.453 e. The van der Waals surface area contributed by atoms with Crippen molar-refractivity contribution in [3.63, 3.8) is 0 Å². The maximum atomic E-state index is 14.5. The van der Waals surface area contributed by atoms with E-state index >= 15 is 0 Å². The van der Waals surface area contributed by atoms with E-state index in [-0.39, 0.29) is 28.2 Å². The minimum absolute atomic E-state index is 0.0426. The molecule has 0 spiro atoms. The van der Waals surface area contributed by atoms with Gasteiger partial charge in [-0.3, -0.25) is 25.3 Å². The lowest BCUT2D eigenvalue weighted by Gasteiger charge is -2.21. The van der Waals surface area contributed by atoms with E-state index in [0.717, 1.165) is 0 Å². The first-order valence-corrected chi connectivity index (χ1v) is 13.8. The predicted molar refractivity (Wildman–Crippen MR) is 155 cm³/mol. The van der Waals surface area contributed by atoms with Crippen molar-refractivity contribution in [2.45, 2.75) is 38.6 Å². The highest BCUT2D eigenvalue weighted by Gasteiger charge is 2.27. The van der Waals surface area contributed by atoms with Crippen LogP contribution in [0.2, 0.25) is 5.02 Å². The third-order valence-corrected chi connectivity index (χ3v) is 7.44. The topological polar surface area (TPSA) is 153 Å². The Balaban J connectivity index is 1.42. The highest BCUT2D eigenvalue weighted by atomic mass is 35.5. The van der Waals surface area contributed by atoms with Gasteiger partial charge in [0, 0.05) is 17.2 Å². The molecule has 3 aromatic rings. The van der Waals surface area contributed by atoms with Gasteiger partial charge in [0.2, 0.25) is 5.91 Å². The number of nitrogens with zero attached hydrogens (tertiary/aromatic N) is 2. The van der Waals surface area contributed by atoms with Gasteiger partial charge in [-0.05, 0) is 49.6 Å². The summed E-state index contributed by atoms with van der Waals surface area (Å²) >= 11 is 5.90. The van der Waals surface area contributed by atoms with Crippen molar-refractivity contribution in [2.75, 3.05) is 22.8 Å². The molecule has 0 saturated carbocycles. The molecule has 0 saturated heterocycles. The summed E-state index contributed by atoms with van der Waals surface area (Å²) in [6.45, 7) is 1.95. The van der Waals surface area contributed by atoms with Gasteiger partial charge in [0.15, 0.2) is 5.82 Å². The smallest absolute Gasteiger partial charge is 0.411 e. The molecule has 5 rings (SSSR count). The van der Waals surface area contributed by atoms with E-state index in [1.54, 1.807) is 30.5 Å². The molecule has 2 bridgehead atoms. The number of carbonyl (C=O) groups is 3. The zero-order chi connectivity index (χ0) is 29.8. The molecule has 2 aliphatic rings. The summed E-state index contributed by atoms with van der Waals surface area (Å²) in [6, 6.07) is 9.15. The largest absolute Gasteiger partial charge is 0.453 e. The third-order valence-electron chi connectivity index (χ3n) is 7.14. The molecule has 14 heteroatoms. The first-order chi connectivity index (χ1) is 20.3. The summed E-state index contributed by atoms with van der Waals surface area (Å²) < 4.78 is 19.2. The molecule has 6 N–H and O–H groups in total. The van der Waals surface area contributed by atoms with Gasteiger partial charge in [-0.1, -0.05) is 31.0 Å². The third kappa shape index (κ3) is 6.16. The van der Waals surface area contributed by atoms with Gasteiger partial charge in [0.25, 0.3) is 5.91 Å². The Morgan fingerprint density at radius 1 is 1.24 bits per heavy atom. The van der Waals surface area contributed by atoms with Crippen molar-refractivity contribution in [1.82, 2.24) is 26.2 Å². The van der Waals surface area contributed by atoms with Gasteiger partial charge in [0.05, 0.1) is 47.6 Å². The zero-order valence-corrected chi connectivity index (χ0v) is 23.6. The lowest BCUT2D eigenvalue weighted by Crippen LogP contribution is -2.40. The molecule has 0 aliphatic carbocycles. The van der Waals surface area contributed by atoms with Gasteiger partial charge in [-0.25, -0.2) is 14.2 Å². The van der Waals surface area contributed by atoms with Gasteiger partial charge >= 0.3 is 6.09 Å². The van der Waals surface area contributed by atoms with Gasteiger partial charge in [0.1, 0.15) is 11.5 Å². The molecule has 2 atom stereocenters. The first-order valence-electron chi connectivity index (χ1n) is 13.4. The molecular weight excluding hydrogens is 567 g/mol. The summed E-state index contributed by atoms with van der Waals surface area (Å²) in [6.07, 6.45) is 4.78. The minimum atomic E-state index is -0.633. The molecule has 220 valence electrons. The van der Waals surface area contributed by atoms with Crippen LogP contribution in [0, 0.1) is 11.7 Å². The van der Waals surface area contributed by atoms with E-state index in [4.69, 9.17) is 11.6 Å². The number of hydrazine groups is 2. The second kappa shape index (κ2) is 12.5. The molecule has 0 unspecified atom stereocenters. The fraction of sp³-hybridized carbons (Fsp3) is 0.286. The van der Waals surface area contributed by atoms with Crippen LogP contribution in [0.1, 0.15) is 44.5 Å². The predicted octanol–water partition coefficient (Wildman–Crippen LogP) is 4.72. The summed E-state index contributed by atoms with van der Waals surface area (Å²) in [5, 5.41) is 9.90. The summed E-state index contributed by atoms with van der Waals surface area (Å²) in [4.78, 5) is 46.1. The van der Waals surface area contributed by atoms with E-state index in [1.165, 1.54) is 30.5 Å². The normalized spacial score (nSPS) is 18.4. The van der Waals surface area contributed by atoms with Crippen LogP contribution in [-0.2, 0) is 14.3 Å². The number of rotatable bonds is 5. The number of hydrogen-bond donors (Lipinski definition) is 6. The van der Waals surface area contributed by atoms with Crippen LogP contribution >= 0.6 is 11.6 Å². The molecule has 3 amide bonds. The Morgan fingerprint density at radius 2 is 2.07 bits per heavy atom. The fourth-order valence-corrected chi connectivity index (χ4v) is 5.02. The number of H-pyrrole nitrogens is 1. The average Bonchev–Trinajstić information content (AvgIpc) is 3.66. The molecule has 12 nitrogen and oxygen atoms in total. The second-order valence-electron chi connectivity index (χ2n) is 9.83. The van der Waals surface area contributed by atoms with Crippen molar-refractivity contribution in [3.05, 3.63) is 71.2 Å². The maximum Gasteiger partial charge on any atom is 0.411 e. The van der Waals surface area contributed by atoms with E-state index in [0.29, 0.717) is 54.1 Å². The van der Waals surface area contributed by atoms with Crippen LogP contribution < -0.4 is 31.9 Å². The fourth-order valence-electron chi connectivity index (χ4n) is 4.85. The molecule has 3 heterocycles. The highest BCUT2D eigenvalue weighted by Crippen LogP contribution is 2.33. The first kappa shape index (κ1) is 28.9. The van der Waals surface area contributed by atoms with Crippen molar-refractivity contribution < 1.29 is 23.5 Å². The number of aromatic nitrogens is 2. The van der Waals surface area contributed by atoms with Crippen LogP contribution in [0.15, 0.2) is 54.5 Å². The summed E-state index contributed by atoms with van der Waals surface area (Å²) in [5.41, 5.74) is 8.01. The zero-order valence-electron chi connectivity index (χ0n) is 22.9. The Bertz CT molecular complexity index is 1540. The van der Waals surface area contributed by atoms with Gasteiger partial charge < -0.3 is 20.4 Å². The van der Waals surface area contributed by atoms with E-state index < -0.39 is 23.9 Å². The average molecular weight is 597 g/mol. The second-order valence-corrected chi connectivity index (χ2v) is 10.2. The summed E-state index contributed by atoms with van der Waals surface area (Å²) in [5.74, 6) is -0.945. The molecule has 0 fully saturated rings. The monoisotopic (exact) mass is 596 g/mol. The number of nitrogens with one attached hydrogen (secondary N) is 6. The van der Waals surface area contributed by atoms with E-state index in [1.807, 2.05) is 6.92 Å². The van der Waals surface area contributed by atoms with E-state index in [2.05, 4.69) is 41.6 Å². The number of methoxy groups -OCH3 is 1. The Kier molecular flexibility index (Phi) is 8.59. The Labute approximate surface area is 246 Å².